The van der Waals surface area contributed by atoms with Crippen LogP contribution in [0.2, 0.25) is 0 Å². The standard InChI is InChI=1S/C8H13ClN4O/c1-8(2,4-9)7(12-14)3-13-6-10-5-11-13/h5-7H,3-4H2,1-2H3. The third-order valence-corrected chi connectivity index (χ3v) is 2.89. The predicted octanol–water partition coefficient (Wildman–Crippen LogP) is 1.68. The van der Waals surface area contributed by atoms with Crippen LogP contribution in [0.4, 0.5) is 0 Å². The average Bonchev–Trinajstić information content (AvgIpc) is 2.66. The predicted molar refractivity (Wildman–Crippen MR) is 54.1 cm³/mol. The van der Waals surface area contributed by atoms with Crippen LogP contribution in [0.25, 0.3) is 0 Å². The summed E-state index contributed by atoms with van der Waals surface area (Å²) < 4.78 is 1.58. The van der Waals surface area contributed by atoms with Gasteiger partial charge in [-0.1, -0.05) is 19.0 Å². The van der Waals surface area contributed by atoms with E-state index in [0.29, 0.717) is 12.4 Å². The van der Waals surface area contributed by atoms with E-state index in [1.54, 1.807) is 11.0 Å². The van der Waals surface area contributed by atoms with E-state index in [0.717, 1.165) is 0 Å². The van der Waals surface area contributed by atoms with Crippen LogP contribution in [0.5, 0.6) is 0 Å². The number of aromatic nitrogens is 3. The van der Waals surface area contributed by atoms with E-state index in [2.05, 4.69) is 15.3 Å². The first-order valence-electron chi connectivity index (χ1n) is 4.31. The van der Waals surface area contributed by atoms with Gasteiger partial charge in [0.2, 0.25) is 0 Å². The smallest absolute Gasteiger partial charge is 0.137 e. The first-order valence-corrected chi connectivity index (χ1v) is 4.84. The van der Waals surface area contributed by atoms with Crippen molar-refractivity contribution in [3.63, 3.8) is 0 Å². The number of nitrogens with zero attached hydrogens (tertiary/aromatic N) is 4. The number of halogens is 1. The van der Waals surface area contributed by atoms with Crippen LogP contribution in [0.15, 0.2) is 17.8 Å². The van der Waals surface area contributed by atoms with Crippen molar-refractivity contribution < 1.29 is 0 Å². The zero-order valence-electron chi connectivity index (χ0n) is 8.22. The quantitative estimate of drug-likeness (QED) is 0.556. The normalized spacial score (nSPS) is 13.9. The lowest BCUT2D eigenvalue weighted by atomic mass is 9.87. The van der Waals surface area contributed by atoms with Crippen LogP contribution in [-0.4, -0.2) is 26.7 Å². The summed E-state index contributed by atoms with van der Waals surface area (Å²) in [6.07, 6.45) is 2.98. The van der Waals surface area contributed by atoms with E-state index in [9.17, 15) is 4.91 Å². The second kappa shape index (κ2) is 4.50. The van der Waals surface area contributed by atoms with Crippen molar-refractivity contribution in [1.29, 1.82) is 0 Å². The minimum absolute atomic E-state index is 0.324. The summed E-state index contributed by atoms with van der Waals surface area (Å²) in [7, 11) is 0. The molecule has 14 heavy (non-hydrogen) atoms. The third kappa shape index (κ3) is 2.51. The molecule has 0 aliphatic carbocycles. The van der Waals surface area contributed by atoms with Gasteiger partial charge in [-0.25, -0.2) is 4.98 Å². The molecule has 1 aromatic rings. The highest BCUT2D eigenvalue weighted by atomic mass is 35.5. The molecule has 0 radical (unpaired) electrons. The highest BCUT2D eigenvalue weighted by molar-refractivity contribution is 6.18. The molecule has 0 aliphatic heterocycles. The Morgan fingerprint density at radius 1 is 1.64 bits per heavy atom. The van der Waals surface area contributed by atoms with Crippen molar-refractivity contribution in [3.05, 3.63) is 17.6 Å². The van der Waals surface area contributed by atoms with Crippen LogP contribution >= 0.6 is 11.6 Å². The van der Waals surface area contributed by atoms with Gasteiger partial charge in [0.1, 0.15) is 18.7 Å². The summed E-state index contributed by atoms with van der Waals surface area (Å²) in [5.74, 6) is 0.387. The first-order chi connectivity index (χ1) is 6.60. The average molecular weight is 217 g/mol. The maximum absolute atomic E-state index is 10.7. The number of hydrogen-bond acceptors (Lipinski definition) is 4. The van der Waals surface area contributed by atoms with Gasteiger partial charge in [0.25, 0.3) is 0 Å². The Labute approximate surface area is 87.4 Å². The molecule has 0 saturated carbocycles. The van der Waals surface area contributed by atoms with Crippen molar-refractivity contribution in [3.8, 4) is 0 Å². The lowest BCUT2D eigenvalue weighted by Gasteiger charge is -2.26. The first kappa shape index (κ1) is 11.1. The molecule has 0 fully saturated rings. The fourth-order valence-corrected chi connectivity index (χ4v) is 1.19. The SMILES string of the molecule is CC(C)(CCl)C(Cn1cncn1)N=O. The molecule has 0 bridgehead atoms. The van der Waals surface area contributed by atoms with E-state index >= 15 is 0 Å². The molecule has 1 atom stereocenters. The van der Waals surface area contributed by atoms with E-state index in [-0.39, 0.29) is 11.5 Å². The van der Waals surface area contributed by atoms with Crippen molar-refractivity contribution >= 4 is 11.6 Å². The molecular formula is C8H13ClN4O. The molecule has 1 heterocycles. The molecule has 0 N–H and O–H groups in total. The molecule has 6 heteroatoms. The molecule has 5 nitrogen and oxygen atoms in total. The molecule has 78 valence electrons. The lowest BCUT2D eigenvalue weighted by Crippen LogP contribution is -2.33. The van der Waals surface area contributed by atoms with Crippen LogP contribution in [0.3, 0.4) is 0 Å². The van der Waals surface area contributed by atoms with Gasteiger partial charge in [0, 0.05) is 11.3 Å². The summed E-state index contributed by atoms with van der Waals surface area (Å²) in [6, 6.07) is -0.387. The molecular weight excluding hydrogens is 204 g/mol. The summed E-state index contributed by atoms with van der Waals surface area (Å²) in [6.45, 7) is 4.23. The number of rotatable bonds is 5. The van der Waals surface area contributed by atoms with Gasteiger partial charge in [0.15, 0.2) is 0 Å². The highest BCUT2D eigenvalue weighted by Gasteiger charge is 2.30. The van der Waals surface area contributed by atoms with E-state index < -0.39 is 0 Å². The van der Waals surface area contributed by atoms with Gasteiger partial charge in [-0.05, 0) is 0 Å². The van der Waals surface area contributed by atoms with Crippen molar-refractivity contribution in [2.45, 2.75) is 26.4 Å². The Hall–Kier alpha value is -0.970. The van der Waals surface area contributed by atoms with Gasteiger partial charge in [-0.2, -0.15) is 10.0 Å². The summed E-state index contributed by atoms with van der Waals surface area (Å²) >= 11 is 5.76. The molecule has 0 saturated heterocycles. The maximum atomic E-state index is 10.7. The fraction of sp³-hybridized carbons (Fsp3) is 0.750. The zero-order chi connectivity index (χ0) is 10.6. The summed E-state index contributed by atoms with van der Waals surface area (Å²) in [4.78, 5) is 14.5. The van der Waals surface area contributed by atoms with Gasteiger partial charge < -0.3 is 0 Å². The molecule has 0 aliphatic rings. The second-order valence-corrected chi connectivity index (χ2v) is 4.13. The second-order valence-electron chi connectivity index (χ2n) is 3.86. The monoisotopic (exact) mass is 216 g/mol. The van der Waals surface area contributed by atoms with E-state index in [1.807, 2.05) is 13.8 Å². The number of nitroso groups, excluding NO2 is 1. The molecule has 1 rings (SSSR count). The topological polar surface area (TPSA) is 60.1 Å². The summed E-state index contributed by atoms with van der Waals surface area (Å²) in [5, 5.41) is 7.00. The molecule has 1 unspecified atom stereocenters. The van der Waals surface area contributed by atoms with Crippen LogP contribution in [-0.2, 0) is 6.54 Å². The molecule has 0 spiro atoms. The Bertz CT molecular complexity index is 286. The molecule has 1 aromatic heterocycles. The van der Waals surface area contributed by atoms with Gasteiger partial charge in [0.05, 0.1) is 6.54 Å². The summed E-state index contributed by atoms with van der Waals surface area (Å²) in [5.41, 5.74) is -0.324. The lowest BCUT2D eigenvalue weighted by molar-refractivity contribution is 0.288. The maximum Gasteiger partial charge on any atom is 0.137 e. The Kier molecular flexibility index (Phi) is 3.57. The van der Waals surface area contributed by atoms with Crippen LogP contribution in [0, 0.1) is 10.3 Å². The van der Waals surface area contributed by atoms with E-state index in [1.165, 1.54) is 6.33 Å². The van der Waals surface area contributed by atoms with Crippen molar-refractivity contribution in [2.75, 3.05) is 5.88 Å². The van der Waals surface area contributed by atoms with Crippen molar-refractivity contribution in [2.24, 2.45) is 10.6 Å². The Morgan fingerprint density at radius 2 is 2.36 bits per heavy atom. The Balaban J connectivity index is 2.69. The minimum atomic E-state index is -0.387. The number of hydrogen-bond donors (Lipinski definition) is 0. The Morgan fingerprint density at radius 3 is 2.79 bits per heavy atom. The molecule has 0 aromatic carbocycles. The largest absolute Gasteiger partial charge is 0.251 e. The van der Waals surface area contributed by atoms with Crippen LogP contribution in [0.1, 0.15) is 13.8 Å². The zero-order valence-corrected chi connectivity index (χ0v) is 8.98. The third-order valence-electron chi connectivity index (χ3n) is 2.20. The minimum Gasteiger partial charge on any atom is -0.251 e. The highest BCUT2D eigenvalue weighted by Crippen LogP contribution is 2.25. The molecule has 0 amide bonds. The number of alkyl halides is 1. The van der Waals surface area contributed by atoms with E-state index in [4.69, 9.17) is 11.6 Å². The fourth-order valence-electron chi connectivity index (χ4n) is 1.02. The van der Waals surface area contributed by atoms with Gasteiger partial charge in [-0.3, -0.25) is 4.68 Å². The van der Waals surface area contributed by atoms with Crippen LogP contribution < -0.4 is 0 Å². The van der Waals surface area contributed by atoms with Crippen molar-refractivity contribution in [1.82, 2.24) is 14.8 Å². The van der Waals surface area contributed by atoms with Gasteiger partial charge >= 0.3 is 0 Å². The van der Waals surface area contributed by atoms with Gasteiger partial charge in [-0.15, -0.1) is 11.6 Å².